The lowest BCUT2D eigenvalue weighted by Crippen LogP contribution is -2.23. The Morgan fingerprint density at radius 1 is 0.867 bits per heavy atom. The van der Waals surface area contributed by atoms with Gasteiger partial charge in [0.1, 0.15) is 5.75 Å². The summed E-state index contributed by atoms with van der Waals surface area (Å²) < 4.78 is 19.9. The van der Waals surface area contributed by atoms with Crippen LogP contribution in [0.1, 0.15) is 44.6 Å². The highest BCUT2D eigenvalue weighted by molar-refractivity contribution is 5.87. The Morgan fingerprint density at radius 2 is 1.53 bits per heavy atom. The zero-order valence-electron chi connectivity index (χ0n) is 17.6. The van der Waals surface area contributed by atoms with Crippen LogP contribution in [0.25, 0.3) is 10.8 Å². The van der Waals surface area contributed by atoms with E-state index in [4.69, 9.17) is 18.9 Å². The fraction of sp³-hybridized carbons (Fsp3) is 0.435. The van der Waals surface area contributed by atoms with Crippen LogP contribution in [0.3, 0.4) is 0 Å². The average molecular weight is 416 g/mol. The molecule has 0 aliphatic rings. The first-order valence-corrected chi connectivity index (χ1v) is 10.00. The molecule has 0 spiro atoms. The number of carbonyl (C=O) groups is 3. The molecule has 2 aromatic carbocycles. The van der Waals surface area contributed by atoms with E-state index in [-0.39, 0.29) is 0 Å². The van der Waals surface area contributed by atoms with Crippen molar-refractivity contribution in [3.05, 3.63) is 42.0 Å². The van der Waals surface area contributed by atoms with Gasteiger partial charge in [0.05, 0.1) is 19.6 Å². The SMILES string of the molecule is CCCCCOC(=O)COC(=O)COC(=O)C(C)c1ccc2cc(OC)ccc2c1. The number of ether oxygens (including phenoxy) is 4. The highest BCUT2D eigenvalue weighted by atomic mass is 16.6. The number of benzene rings is 2. The Kier molecular flexibility index (Phi) is 9.12. The van der Waals surface area contributed by atoms with Gasteiger partial charge in [0.25, 0.3) is 0 Å². The molecule has 1 unspecified atom stereocenters. The van der Waals surface area contributed by atoms with Gasteiger partial charge in [-0.25, -0.2) is 9.59 Å². The quantitative estimate of drug-likeness (QED) is 0.313. The molecule has 0 radical (unpaired) electrons. The molecule has 0 amide bonds. The molecular formula is C23H28O7. The van der Waals surface area contributed by atoms with Gasteiger partial charge in [-0.1, -0.05) is 44.0 Å². The van der Waals surface area contributed by atoms with E-state index < -0.39 is 37.0 Å². The molecule has 7 heteroatoms. The van der Waals surface area contributed by atoms with Gasteiger partial charge in [-0.3, -0.25) is 4.79 Å². The van der Waals surface area contributed by atoms with Crippen LogP contribution in [-0.4, -0.2) is 44.8 Å². The molecule has 2 aromatic rings. The maximum absolute atomic E-state index is 12.3. The van der Waals surface area contributed by atoms with Crippen molar-refractivity contribution in [2.75, 3.05) is 26.9 Å². The minimum atomic E-state index is -0.799. The number of rotatable bonds is 11. The summed E-state index contributed by atoms with van der Waals surface area (Å²) in [6, 6.07) is 11.3. The number of hydrogen-bond donors (Lipinski definition) is 0. The molecule has 0 saturated carbocycles. The molecule has 0 aliphatic heterocycles. The molecule has 0 heterocycles. The van der Waals surface area contributed by atoms with Crippen molar-refractivity contribution in [1.29, 1.82) is 0 Å². The summed E-state index contributed by atoms with van der Waals surface area (Å²) in [5.41, 5.74) is 0.765. The molecule has 0 aliphatic carbocycles. The maximum Gasteiger partial charge on any atom is 0.344 e. The van der Waals surface area contributed by atoms with Crippen LogP contribution in [0, 0.1) is 0 Å². The van der Waals surface area contributed by atoms with E-state index in [1.807, 2.05) is 43.3 Å². The van der Waals surface area contributed by atoms with E-state index in [0.29, 0.717) is 6.61 Å². The van der Waals surface area contributed by atoms with Crippen molar-refractivity contribution in [2.24, 2.45) is 0 Å². The first-order chi connectivity index (χ1) is 14.4. The van der Waals surface area contributed by atoms with Gasteiger partial charge in [-0.2, -0.15) is 0 Å². The topological polar surface area (TPSA) is 88.1 Å². The smallest absolute Gasteiger partial charge is 0.344 e. The van der Waals surface area contributed by atoms with Crippen LogP contribution in [0.15, 0.2) is 36.4 Å². The number of hydrogen-bond acceptors (Lipinski definition) is 7. The van der Waals surface area contributed by atoms with E-state index >= 15 is 0 Å². The van der Waals surface area contributed by atoms with Crippen LogP contribution in [0.2, 0.25) is 0 Å². The summed E-state index contributed by atoms with van der Waals surface area (Å²) in [6.07, 6.45) is 2.75. The third-order valence-corrected chi connectivity index (χ3v) is 4.62. The fourth-order valence-electron chi connectivity index (χ4n) is 2.79. The molecule has 1 atom stereocenters. The van der Waals surface area contributed by atoms with Gasteiger partial charge >= 0.3 is 17.9 Å². The van der Waals surface area contributed by atoms with Gasteiger partial charge in [-0.05, 0) is 41.8 Å². The lowest BCUT2D eigenvalue weighted by Gasteiger charge is -2.13. The fourth-order valence-corrected chi connectivity index (χ4v) is 2.79. The van der Waals surface area contributed by atoms with E-state index in [0.717, 1.165) is 41.3 Å². The summed E-state index contributed by atoms with van der Waals surface area (Å²) in [5.74, 6) is -1.78. The Bertz CT molecular complexity index is 875. The number of esters is 3. The molecule has 0 N–H and O–H groups in total. The summed E-state index contributed by atoms with van der Waals surface area (Å²) in [6.45, 7) is 2.99. The van der Waals surface area contributed by atoms with Gasteiger partial charge in [0.2, 0.25) is 0 Å². The maximum atomic E-state index is 12.3. The zero-order chi connectivity index (χ0) is 21.9. The third kappa shape index (κ3) is 7.06. The normalized spacial score (nSPS) is 11.6. The van der Waals surface area contributed by atoms with E-state index in [1.54, 1.807) is 14.0 Å². The van der Waals surface area contributed by atoms with Crippen LogP contribution in [0.5, 0.6) is 5.75 Å². The average Bonchev–Trinajstić information content (AvgIpc) is 2.77. The Labute approximate surface area is 176 Å². The Balaban J connectivity index is 1.79. The summed E-state index contributed by atoms with van der Waals surface area (Å²) in [4.78, 5) is 35.5. The molecule has 162 valence electrons. The highest BCUT2D eigenvalue weighted by Gasteiger charge is 2.19. The predicted octanol–water partition coefficient (Wildman–Crippen LogP) is 3.77. The number of unbranched alkanes of at least 4 members (excludes halogenated alkanes) is 2. The number of carbonyl (C=O) groups excluding carboxylic acids is 3. The standard InChI is InChI=1S/C23H28O7/c1-4-5-6-11-28-21(24)14-29-22(25)15-30-23(26)16(2)17-7-8-19-13-20(27-3)10-9-18(19)12-17/h7-10,12-13,16H,4-6,11,14-15H2,1-3H3. The molecule has 7 nitrogen and oxygen atoms in total. The Hall–Kier alpha value is -3.09. The van der Waals surface area contributed by atoms with Crippen molar-refractivity contribution in [1.82, 2.24) is 0 Å². The van der Waals surface area contributed by atoms with Crippen LogP contribution in [0.4, 0.5) is 0 Å². The largest absolute Gasteiger partial charge is 0.497 e. The van der Waals surface area contributed by atoms with Crippen molar-refractivity contribution >= 4 is 28.7 Å². The molecular weight excluding hydrogens is 388 g/mol. The number of fused-ring (bicyclic) bond motifs is 1. The van der Waals surface area contributed by atoms with Crippen molar-refractivity contribution in [3.63, 3.8) is 0 Å². The second-order valence-corrected chi connectivity index (χ2v) is 6.89. The second-order valence-electron chi connectivity index (χ2n) is 6.89. The van der Waals surface area contributed by atoms with Crippen molar-refractivity contribution in [3.8, 4) is 5.75 Å². The number of methoxy groups -OCH3 is 1. The van der Waals surface area contributed by atoms with Crippen LogP contribution >= 0.6 is 0 Å². The van der Waals surface area contributed by atoms with Crippen LogP contribution in [-0.2, 0) is 28.6 Å². The minimum absolute atomic E-state index is 0.301. The zero-order valence-corrected chi connectivity index (χ0v) is 17.6. The first kappa shape index (κ1) is 23.2. The molecule has 0 saturated heterocycles. The van der Waals surface area contributed by atoms with E-state index in [9.17, 15) is 14.4 Å². The highest BCUT2D eigenvalue weighted by Crippen LogP contribution is 2.25. The third-order valence-electron chi connectivity index (χ3n) is 4.62. The summed E-state index contributed by atoms with van der Waals surface area (Å²) in [7, 11) is 1.61. The van der Waals surface area contributed by atoms with Gasteiger partial charge in [-0.15, -0.1) is 0 Å². The summed E-state index contributed by atoms with van der Waals surface area (Å²) >= 11 is 0. The lowest BCUT2D eigenvalue weighted by atomic mass is 9.98. The van der Waals surface area contributed by atoms with Gasteiger partial charge in [0, 0.05) is 0 Å². The van der Waals surface area contributed by atoms with Gasteiger partial charge < -0.3 is 18.9 Å². The molecule has 2 rings (SSSR count). The van der Waals surface area contributed by atoms with Gasteiger partial charge in [0.15, 0.2) is 13.2 Å². The minimum Gasteiger partial charge on any atom is -0.497 e. The lowest BCUT2D eigenvalue weighted by molar-refractivity contribution is -0.165. The van der Waals surface area contributed by atoms with E-state index in [2.05, 4.69) is 0 Å². The molecule has 0 aromatic heterocycles. The predicted molar refractivity (Wildman–Crippen MR) is 111 cm³/mol. The molecule has 0 bridgehead atoms. The molecule has 0 fully saturated rings. The first-order valence-electron chi connectivity index (χ1n) is 10.00. The van der Waals surface area contributed by atoms with E-state index in [1.165, 1.54) is 0 Å². The van der Waals surface area contributed by atoms with Crippen molar-refractivity contribution in [2.45, 2.75) is 39.0 Å². The summed E-state index contributed by atoms with van der Waals surface area (Å²) in [5, 5.41) is 1.95. The second kappa shape index (κ2) is 11.8. The Morgan fingerprint density at radius 3 is 2.27 bits per heavy atom. The van der Waals surface area contributed by atoms with Crippen molar-refractivity contribution < 1.29 is 33.3 Å². The monoisotopic (exact) mass is 416 g/mol. The van der Waals surface area contributed by atoms with Crippen LogP contribution < -0.4 is 4.74 Å². The molecule has 30 heavy (non-hydrogen) atoms.